The normalized spacial score (nSPS) is 12.3. The molecule has 144 valence electrons. The fraction of sp³-hybridized carbons (Fsp3) is 0.263. The van der Waals surface area contributed by atoms with Crippen LogP contribution in [0.25, 0.3) is 0 Å². The third-order valence-corrected chi connectivity index (χ3v) is 5.20. The number of hydrogen-bond donors (Lipinski definition) is 2. The average Bonchev–Trinajstić information content (AvgIpc) is 2.64. The molecule has 8 heteroatoms. The Labute approximate surface area is 157 Å². The summed E-state index contributed by atoms with van der Waals surface area (Å²) < 4.78 is 28.2. The molecule has 0 radical (unpaired) electrons. The molecule has 0 aliphatic rings. The number of amides is 1. The smallest absolute Gasteiger partial charge is 0.335 e. The lowest BCUT2D eigenvalue weighted by atomic mass is 10.0. The minimum atomic E-state index is -3.30. The summed E-state index contributed by atoms with van der Waals surface area (Å²) in [7, 11) is -1.91. The van der Waals surface area contributed by atoms with Gasteiger partial charge in [0.1, 0.15) is 5.75 Å². The number of carbonyl (C=O) groups is 2. The van der Waals surface area contributed by atoms with Crippen molar-refractivity contribution >= 4 is 21.7 Å². The second kappa shape index (κ2) is 8.22. The lowest BCUT2D eigenvalue weighted by Gasteiger charge is -2.18. The molecular formula is C19H21NO6S. The van der Waals surface area contributed by atoms with Gasteiger partial charge in [-0.05, 0) is 42.3 Å². The first-order chi connectivity index (χ1) is 12.7. The molecule has 0 bridgehead atoms. The van der Waals surface area contributed by atoms with Gasteiger partial charge in [0, 0.05) is 11.8 Å². The number of carboxylic acid groups (broad SMARTS) is 1. The molecule has 1 atom stereocenters. The first kappa shape index (κ1) is 20.4. The van der Waals surface area contributed by atoms with Gasteiger partial charge in [-0.2, -0.15) is 0 Å². The summed E-state index contributed by atoms with van der Waals surface area (Å²) in [5, 5.41) is 12.0. The molecule has 0 saturated carbocycles. The molecule has 2 aromatic carbocycles. The van der Waals surface area contributed by atoms with E-state index in [1.165, 1.54) is 37.4 Å². The Balaban J connectivity index is 2.27. The van der Waals surface area contributed by atoms with E-state index >= 15 is 0 Å². The number of benzene rings is 2. The van der Waals surface area contributed by atoms with Crippen LogP contribution in [0, 0.1) is 0 Å². The van der Waals surface area contributed by atoms with E-state index in [4.69, 9.17) is 4.74 Å². The van der Waals surface area contributed by atoms with Crippen LogP contribution in [0.5, 0.6) is 5.75 Å². The Hall–Kier alpha value is -2.87. The number of methoxy groups -OCH3 is 1. The van der Waals surface area contributed by atoms with Gasteiger partial charge in [-0.25, -0.2) is 13.2 Å². The van der Waals surface area contributed by atoms with Gasteiger partial charge in [-0.15, -0.1) is 0 Å². The maximum absolute atomic E-state index is 12.6. The van der Waals surface area contributed by atoms with Gasteiger partial charge in [-0.3, -0.25) is 4.79 Å². The summed E-state index contributed by atoms with van der Waals surface area (Å²) in [6.07, 6.45) is 1.70. The largest absolute Gasteiger partial charge is 0.497 e. The highest BCUT2D eigenvalue weighted by molar-refractivity contribution is 7.90. The minimum absolute atomic E-state index is 0.0509. The molecule has 1 amide bonds. The second-order valence-corrected chi connectivity index (χ2v) is 8.05. The predicted molar refractivity (Wildman–Crippen MR) is 100 cm³/mol. The topological polar surface area (TPSA) is 110 Å². The number of carboxylic acids is 1. The lowest BCUT2D eigenvalue weighted by Crippen LogP contribution is -2.28. The zero-order valence-corrected chi connectivity index (χ0v) is 16.0. The van der Waals surface area contributed by atoms with Gasteiger partial charge < -0.3 is 15.2 Å². The van der Waals surface area contributed by atoms with E-state index in [-0.39, 0.29) is 27.8 Å². The van der Waals surface area contributed by atoms with E-state index in [0.717, 1.165) is 11.8 Å². The molecule has 0 spiro atoms. The highest BCUT2D eigenvalue weighted by Gasteiger charge is 2.18. The Bertz CT molecular complexity index is 951. The van der Waals surface area contributed by atoms with E-state index in [9.17, 15) is 23.1 Å². The maximum Gasteiger partial charge on any atom is 0.335 e. The third kappa shape index (κ3) is 5.07. The summed E-state index contributed by atoms with van der Waals surface area (Å²) >= 11 is 0. The molecule has 27 heavy (non-hydrogen) atoms. The van der Waals surface area contributed by atoms with E-state index in [0.29, 0.717) is 6.42 Å². The van der Waals surface area contributed by atoms with Crippen molar-refractivity contribution in [2.24, 2.45) is 0 Å². The number of hydrogen-bond acceptors (Lipinski definition) is 5. The fourth-order valence-corrected chi connectivity index (χ4v) is 3.21. The van der Waals surface area contributed by atoms with Gasteiger partial charge in [0.2, 0.25) is 0 Å². The van der Waals surface area contributed by atoms with Crippen LogP contribution < -0.4 is 10.1 Å². The summed E-state index contributed by atoms with van der Waals surface area (Å²) in [6, 6.07) is 10.0. The monoisotopic (exact) mass is 391 g/mol. The first-order valence-electron chi connectivity index (χ1n) is 8.19. The van der Waals surface area contributed by atoms with Gasteiger partial charge >= 0.3 is 5.97 Å². The molecule has 0 unspecified atom stereocenters. The van der Waals surface area contributed by atoms with Crippen LogP contribution in [-0.2, 0) is 9.84 Å². The molecule has 0 fully saturated rings. The summed E-state index contributed by atoms with van der Waals surface area (Å²) in [5.41, 5.74) is 0.864. The van der Waals surface area contributed by atoms with Crippen molar-refractivity contribution in [3.8, 4) is 5.75 Å². The number of rotatable bonds is 7. The number of ether oxygens (including phenoxy) is 1. The zero-order valence-electron chi connectivity index (χ0n) is 15.2. The van der Waals surface area contributed by atoms with Crippen LogP contribution in [0.2, 0.25) is 0 Å². The van der Waals surface area contributed by atoms with E-state index in [2.05, 4.69) is 5.32 Å². The van der Waals surface area contributed by atoms with E-state index in [1.807, 2.05) is 6.92 Å². The molecule has 2 rings (SSSR count). The van der Waals surface area contributed by atoms with Crippen molar-refractivity contribution in [3.63, 3.8) is 0 Å². The number of sulfone groups is 1. The quantitative estimate of drug-likeness (QED) is 0.751. The van der Waals surface area contributed by atoms with E-state index in [1.54, 1.807) is 12.1 Å². The molecule has 0 aliphatic heterocycles. The van der Waals surface area contributed by atoms with Crippen molar-refractivity contribution in [2.45, 2.75) is 24.3 Å². The summed E-state index contributed by atoms with van der Waals surface area (Å²) in [5.74, 6) is -1.34. The van der Waals surface area contributed by atoms with Gasteiger partial charge in [0.05, 0.1) is 23.6 Å². The Morgan fingerprint density at radius 1 is 1.11 bits per heavy atom. The Morgan fingerprint density at radius 2 is 1.70 bits per heavy atom. The number of nitrogens with one attached hydrogen (secondary N) is 1. The molecule has 0 heterocycles. The van der Waals surface area contributed by atoms with Crippen molar-refractivity contribution < 1.29 is 27.9 Å². The van der Waals surface area contributed by atoms with Gasteiger partial charge in [0.25, 0.3) is 5.91 Å². The van der Waals surface area contributed by atoms with Crippen molar-refractivity contribution in [3.05, 3.63) is 59.2 Å². The summed E-state index contributed by atoms with van der Waals surface area (Å²) in [4.78, 5) is 24.0. The van der Waals surface area contributed by atoms with Gasteiger partial charge in [0.15, 0.2) is 9.84 Å². The Kier molecular flexibility index (Phi) is 6.22. The standard InChI is InChI=1S/C19H21NO6S/c1-4-17(12-5-7-16(8-6-12)27(3,24)25)20-18(21)13-9-14(19(22)23)11-15(10-13)26-2/h5-11,17H,4H2,1-3H3,(H,20,21)(H,22,23)/t17-/m1/s1. The minimum Gasteiger partial charge on any atom is -0.497 e. The molecular weight excluding hydrogens is 370 g/mol. The van der Waals surface area contributed by atoms with Gasteiger partial charge in [-0.1, -0.05) is 19.1 Å². The lowest BCUT2D eigenvalue weighted by molar-refractivity contribution is 0.0696. The molecule has 2 aromatic rings. The third-order valence-electron chi connectivity index (χ3n) is 4.08. The van der Waals surface area contributed by atoms with Crippen molar-refractivity contribution in [1.82, 2.24) is 5.32 Å². The highest BCUT2D eigenvalue weighted by Crippen LogP contribution is 2.22. The highest BCUT2D eigenvalue weighted by atomic mass is 32.2. The first-order valence-corrected chi connectivity index (χ1v) is 10.1. The van der Waals surface area contributed by atoms with Crippen LogP contribution in [-0.4, -0.2) is 38.8 Å². The molecule has 0 aromatic heterocycles. The SMILES string of the molecule is CC[C@@H](NC(=O)c1cc(OC)cc(C(=O)O)c1)c1ccc(S(C)(=O)=O)cc1. The molecule has 2 N–H and O–H groups in total. The van der Waals surface area contributed by atoms with E-state index < -0.39 is 21.7 Å². The summed E-state index contributed by atoms with van der Waals surface area (Å²) in [6.45, 7) is 1.88. The number of carbonyl (C=O) groups excluding carboxylic acids is 1. The fourth-order valence-electron chi connectivity index (χ4n) is 2.58. The van der Waals surface area contributed by atoms with Crippen LogP contribution in [0.4, 0.5) is 0 Å². The maximum atomic E-state index is 12.6. The zero-order chi connectivity index (χ0) is 20.2. The van der Waals surface area contributed by atoms with Crippen molar-refractivity contribution in [2.75, 3.05) is 13.4 Å². The molecule has 7 nitrogen and oxygen atoms in total. The predicted octanol–water partition coefficient (Wildman–Crippen LogP) is 2.68. The molecule has 0 saturated heterocycles. The average molecular weight is 391 g/mol. The second-order valence-electron chi connectivity index (χ2n) is 6.03. The van der Waals surface area contributed by atoms with Crippen LogP contribution >= 0.6 is 0 Å². The van der Waals surface area contributed by atoms with Crippen molar-refractivity contribution in [1.29, 1.82) is 0 Å². The van der Waals surface area contributed by atoms with Crippen LogP contribution in [0.15, 0.2) is 47.4 Å². The Morgan fingerprint density at radius 3 is 2.19 bits per heavy atom. The molecule has 0 aliphatic carbocycles. The number of aromatic carboxylic acids is 1. The van der Waals surface area contributed by atoms with Crippen LogP contribution in [0.3, 0.4) is 0 Å². The van der Waals surface area contributed by atoms with Crippen LogP contribution in [0.1, 0.15) is 45.7 Å².